The zero-order valence-electron chi connectivity index (χ0n) is 17.6. The molecular weight excluding hydrogens is 322 g/mol. The summed E-state index contributed by atoms with van der Waals surface area (Å²) in [6.45, 7) is 14.0. The van der Waals surface area contributed by atoms with Gasteiger partial charge in [-0.25, -0.2) is 0 Å². The summed E-state index contributed by atoms with van der Waals surface area (Å²) < 4.78 is 0. The maximum Gasteiger partial charge on any atom is 0.257 e. The van der Waals surface area contributed by atoms with Gasteiger partial charge in [-0.15, -0.1) is 0 Å². The van der Waals surface area contributed by atoms with E-state index in [9.17, 15) is 9.59 Å². The minimum atomic E-state index is 0.00668. The third-order valence-corrected chi connectivity index (χ3v) is 8.33. The molecule has 0 N–H and O–H groups in total. The van der Waals surface area contributed by atoms with Crippen molar-refractivity contribution in [3.63, 3.8) is 0 Å². The van der Waals surface area contributed by atoms with E-state index >= 15 is 0 Å². The van der Waals surface area contributed by atoms with Gasteiger partial charge in [0.05, 0.1) is 0 Å². The molecule has 4 aliphatic rings. The van der Waals surface area contributed by atoms with Crippen molar-refractivity contribution in [1.29, 1.82) is 0 Å². The number of carbonyl (C=O) groups excluding carboxylic acids is 2. The Bertz CT molecular complexity index is 632. The first kappa shape index (κ1) is 18.3. The molecule has 2 amide bonds. The molecule has 0 spiro atoms. The van der Waals surface area contributed by atoms with Crippen molar-refractivity contribution in [2.75, 3.05) is 7.05 Å². The molecule has 0 radical (unpaired) electrons. The quantitative estimate of drug-likeness (QED) is 0.591. The van der Waals surface area contributed by atoms with E-state index in [2.05, 4.69) is 41.5 Å². The smallest absolute Gasteiger partial charge is 0.257 e. The van der Waals surface area contributed by atoms with Crippen LogP contribution in [0.15, 0.2) is 11.1 Å². The van der Waals surface area contributed by atoms with E-state index in [1.165, 1.54) is 17.7 Å². The average molecular weight is 358 g/mol. The Balaban J connectivity index is 1.78. The fraction of sp³-hybridized carbons (Fsp3) is 0.826. The van der Waals surface area contributed by atoms with Gasteiger partial charge in [0, 0.05) is 18.2 Å². The highest BCUT2D eigenvalue weighted by atomic mass is 16.2. The van der Waals surface area contributed by atoms with Gasteiger partial charge in [0.1, 0.15) is 0 Å². The van der Waals surface area contributed by atoms with Gasteiger partial charge in [-0.05, 0) is 72.0 Å². The predicted octanol–water partition coefficient (Wildman–Crippen LogP) is 4.67. The van der Waals surface area contributed by atoms with E-state index < -0.39 is 0 Å². The second-order valence-corrected chi connectivity index (χ2v) is 11.6. The van der Waals surface area contributed by atoms with Gasteiger partial charge in [-0.3, -0.25) is 14.5 Å². The molecule has 6 atom stereocenters. The standard InChI is InChI=1S/C23H35NO2/c1-22(2,3)12-8-14-15-9-13(23(4,5)6)11-17(15)19-18(16(14)10-12)20(25)24(7)21(19)26/h12-17H,8-11H2,1-7H3. The molecule has 3 aliphatic carbocycles. The largest absolute Gasteiger partial charge is 0.278 e. The van der Waals surface area contributed by atoms with Crippen LogP contribution in [0.4, 0.5) is 0 Å². The number of hydrogen-bond donors (Lipinski definition) is 0. The number of imide groups is 1. The molecule has 6 unspecified atom stereocenters. The lowest BCUT2D eigenvalue weighted by Gasteiger charge is -2.36. The molecule has 3 heteroatoms. The zero-order chi connectivity index (χ0) is 19.2. The molecule has 26 heavy (non-hydrogen) atoms. The summed E-state index contributed by atoms with van der Waals surface area (Å²) in [5.41, 5.74) is 2.38. The molecule has 0 bridgehead atoms. The van der Waals surface area contributed by atoms with Crippen molar-refractivity contribution in [2.45, 2.75) is 67.2 Å². The summed E-state index contributed by atoms with van der Waals surface area (Å²) in [7, 11) is 1.68. The normalized spacial score (nSPS) is 40.2. The summed E-state index contributed by atoms with van der Waals surface area (Å²) in [6, 6.07) is 0. The third kappa shape index (κ3) is 2.45. The first-order valence-corrected chi connectivity index (χ1v) is 10.5. The molecule has 0 saturated heterocycles. The highest BCUT2D eigenvalue weighted by Crippen LogP contribution is 2.63. The summed E-state index contributed by atoms with van der Waals surface area (Å²) in [5, 5.41) is 0. The van der Waals surface area contributed by atoms with E-state index in [4.69, 9.17) is 0 Å². The zero-order valence-corrected chi connectivity index (χ0v) is 17.6. The van der Waals surface area contributed by atoms with Crippen LogP contribution in [0.5, 0.6) is 0 Å². The van der Waals surface area contributed by atoms with Crippen LogP contribution in [0.1, 0.15) is 67.2 Å². The molecule has 0 aromatic rings. The fourth-order valence-corrected chi connectivity index (χ4v) is 6.57. The van der Waals surface area contributed by atoms with Gasteiger partial charge in [0.15, 0.2) is 0 Å². The summed E-state index contributed by atoms with van der Waals surface area (Å²) in [6.07, 6.45) is 4.63. The summed E-state index contributed by atoms with van der Waals surface area (Å²) in [5.74, 6) is 3.13. The van der Waals surface area contributed by atoms with Gasteiger partial charge in [0.2, 0.25) is 0 Å². The Morgan fingerprint density at radius 1 is 0.692 bits per heavy atom. The second kappa shape index (κ2) is 5.45. The minimum Gasteiger partial charge on any atom is -0.278 e. The Kier molecular flexibility index (Phi) is 3.83. The van der Waals surface area contributed by atoms with E-state index in [0.29, 0.717) is 35.5 Å². The lowest BCUT2D eigenvalue weighted by Crippen LogP contribution is -2.32. The molecule has 144 valence electrons. The molecule has 1 aliphatic heterocycles. The number of amides is 2. The second-order valence-electron chi connectivity index (χ2n) is 11.6. The number of nitrogens with zero attached hydrogens (tertiary/aromatic N) is 1. The monoisotopic (exact) mass is 357 g/mol. The molecule has 3 nitrogen and oxygen atoms in total. The van der Waals surface area contributed by atoms with Crippen LogP contribution >= 0.6 is 0 Å². The number of carbonyl (C=O) groups is 2. The van der Waals surface area contributed by atoms with Crippen LogP contribution in [0, 0.1) is 46.3 Å². The Morgan fingerprint density at radius 2 is 1.04 bits per heavy atom. The lowest BCUT2D eigenvalue weighted by atomic mass is 9.66. The van der Waals surface area contributed by atoms with Crippen molar-refractivity contribution in [3.8, 4) is 0 Å². The number of rotatable bonds is 0. The van der Waals surface area contributed by atoms with Gasteiger partial charge >= 0.3 is 0 Å². The Hall–Kier alpha value is -1.12. The first-order valence-electron chi connectivity index (χ1n) is 10.5. The van der Waals surface area contributed by atoms with Gasteiger partial charge < -0.3 is 0 Å². The van der Waals surface area contributed by atoms with Crippen LogP contribution in [0.2, 0.25) is 0 Å². The predicted molar refractivity (Wildman–Crippen MR) is 103 cm³/mol. The maximum atomic E-state index is 13.0. The summed E-state index contributed by atoms with van der Waals surface area (Å²) >= 11 is 0. The van der Waals surface area contributed by atoms with Crippen LogP contribution in [0.25, 0.3) is 0 Å². The molecule has 0 aromatic heterocycles. The average Bonchev–Trinajstić information content (AvgIpc) is 3.17. The molecule has 4 rings (SSSR count). The topological polar surface area (TPSA) is 37.4 Å². The lowest BCUT2D eigenvalue weighted by molar-refractivity contribution is -0.136. The van der Waals surface area contributed by atoms with Crippen molar-refractivity contribution in [1.82, 2.24) is 4.90 Å². The third-order valence-electron chi connectivity index (χ3n) is 8.33. The van der Waals surface area contributed by atoms with Crippen LogP contribution in [-0.2, 0) is 9.59 Å². The number of hydrogen-bond acceptors (Lipinski definition) is 2. The van der Waals surface area contributed by atoms with Gasteiger partial charge in [0.25, 0.3) is 11.8 Å². The minimum absolute atomic E-state index is 0.00668. The van der Waals surface area contributed by atoms with Gasteiger partial charge in [-0.1, -0.05) is 41.5 Å². The molecule has 1 heterocycles. The van der Waals surface area contributed by atoms with E-state index in [0.717, 1.165) is 24.0 Å². The highest BCUT2D eigenvalue weighted by Gasteiger charge is 2.59. The molecule has 2 fully saturated rings. The number of fused-ring (bicyclic) bond motifs is 5. The van der Waals surface area contributed by atoms with Crippen molar-refractivity contribution in [2.24, 2.45) is 46.3 Å². The Labute approximate surface area is 158 Å². The SMILES string of the molecule is CN1C(=O)C2=C(C1=O)C1CC(C(C)(C)C)CC1C1CC(C(C)(C)C)CC21. The number of likely N-dealkylation sites (N-methyl/N-ethyl adjacent to an activating group) is 1. The maximum absolute atomic E-state index is 13.0. The van der Waals surface area contributed by atoms with Crippen molar-refractivity contribution in [3.05, 3.63) is 11.1 Å². The molecule has 2 saturated carbocycles. The fourth-order valence-electron chi connectivity index (χ4n) is 6.57. The van der Waals surface area contributed by atoms with E-state index in [-0.39, 0.29) is 22.6 Å². The highest BCUT2D eigenvalue weighted by molar-refractivity contribution is 6.19. The van der Waals surface area contributed by atoms with E-state index in [1.54, 1.807) is 7.05 Å². The van der Waals surface area contributed by atoms with Crippen LogP contribution < -0.4 is 0 Å². The van der Waals surface area contributed by atoms with Crippen LogP contribution in [0.3, 0.4) is 0 Å². The van der Waals surface area contributed by atoms with Gasteiger partial charge in [-0.2, -0.15) is 0 Å². The Morgan fingerprint density at radius 3 is 1.35 bits per heavy atom. The van der Waals surface area contributed by atoms with Crippen LogP contribution in [-0.4, -0.2) is 23.8 Å². The molecule has 0 aromatic carbocycles. The van der Waals surface area contributed by atoms with Crippen molar-refractivity contribution < 1.29 is 9.59 Å². The van der Waals surface area contributed by atoms with E-state index in [1.807, 2.05) is 0 Å². The first-order chi connectivity index (χ1) is 11.9. The van der Waals surface area contributed by atoms with Crippen molar-refractivity contribution >= 4 is 11.8 Å². The summed E-state index contributed by atoms with van der Waals surface area (Å²) in [4.78, 5) is 27.3. The molecular formula is C23H35NO2.